The topological polar surface area (TPSA) is 18.8 Å². The number of rotatable bonds is 11. The zero-order valence-electron chi connectivity index (χ0n) is 25.1. The fraction of sp³-hybridized carbons (Fsp3) is 0.382. The molecule has 0 aliphatic carbocycles. The second kappa shape index (κ2) is 15.3. The molecule has 3 aromatic carbocycles. The fourth-order valence-electron chi connectivity index (χ4n) is 4.65. The third-order valence-electron chi connectivity index (χ3n) is 7.04. The summed E-state index contributed by atoms with van der Waals surface area (Å²) in [7, 11) is 2.10. The maximum Gasteiger partial charge on any atom is 0.416 e. The molecule has 0 atom stereocenters. The third kappa shape index (κ3) is 9.23. The van der Waals surface area contributed by atoms with Gasteiger partial charge < -0.3 is 4.31 Å². The van der Waals surface area contributed by atoms with Crippen LogP contribution in [0.2, 0.25) is 0 Å². The van der Waals surface area contributed by atoms with Gasteiger partial charge in [-0.1, -0.05) is 76.2 Å². The third-order valence-corrected chi connectivity index (χ3v) is 8.11. The van der Waals surface area contributed by atoms with E-state index in [1.807, 2.05) is 13.8 Å². The number of halogens is 3. The standard InChI is InChI=1S/C32H36F3N3S.C2H6/c1-5-24-10-17-29(18-11-24)37(4)39-38(6-2)22-26-9-7-8-25(21-26)12-19-30-23(3)20-31(36-30)27-13-15-28(16-14-27)32(33,34)35;1-2/h7-11,13-18,21H,5-6,12,19-20,22H2,1-4H3;1-2H3. The molecular weight excluding hydrogens is 539 g/mol. The number of hydrogen-bond acceptors (Lipinski definition) is 4. The number of benzene rings is 3. The minimum Gasteiger partial charge on any atom is -0.306 e. The Hall–Kier alpha value is -3.03. The van der Waals surface area contributed by atoms with Gasteiger partial charge in [0.1, 0.15) is 0 Å². The Morgan fingerprint density at radius 3 is 2.12 bits per heavy atom. The van der Waals surface area contributed by atoms with E-state index in [1.54, 1.807) is 12.1 Å². The van der Waals surface area contributed by atoms with Crippen molar-refractivity contribution in [2.45, 2.75) is 73.0 Å². The number of allylic oxidation sites excluding steroid dienone is 2. The van der Waals surface area contributed by atoms with Crippen LogP contribution in [0.4, 0.5) is 18.9 Å². The molecule has 0 radical (unpaired) electrons. The summed E-state index contributed by atoms with van der Waals surface area (Å²) in [4.78, 5) is 4.80. The first-order chi connectivity index (χ1) is 19.7. The van der Waals surface area contributed by atoms with Gasteiger partial charge in [0.2, 0.25) is 0 Å². The lowest BCUT2D eigenvalue weighted by Gasteiger charge is -2.26. The first kappa shape index (κ1) is 32.5. The molecule has 1 aliphatic rings. The highest BCUT2D eigenvalue weighted by atomic mass is 32.2. The molecule has 0 fully saturated rings. The Balaban J connectivity index is 0.00000226. The molecule has 0 N–H and O–H groups in total. The molecule has 0 bridgehead atoms. The second-order valence-electron chi connectivity index (χ2n) is 9.91. The summed E-state index contributed by atoms with van der Waals surface area (Å²) < 4.78 is 43.3. The lowest BCUT2D eigenvalue weighted by molar-refractivity contribution is -0.137. The molecule has 0 unspecified atom stereocenters. The molecular formula is C34H42F3N3S. The summed E-state index contributed by atoms with van der Waals surface area (Å²) >= 11 is 1.73. The van der Waals surface area contributed by atoms with Gasteiger partial charge in [-0.05, 0) is 78.3 Å². The Morgan fingerprint density at radius 1 is 0.854 bits per heavy atom. The minimum absolute atomic E-state index is 0.632. The molecule has 7 heteroatoms. The molecule has 0 aromatic heterocycles. The molecule has 0 saturated carbocycles. The summed E-state index contributed by atoms with van der Waals surface area (Å²) in [5, 5.41) is 0. The Bertz CT molecular complexity index is 1310. The van der Waals surface area contributed by atoms with E-state index >= 15 is 0 Å². The first-order valence-corrected chi connectivity index (χ1v) is 15.2. The number of nitrogens with zero attached hydrogens (tertiary/aromatic N) is 3. The molecule has 4 rings (SSSR count). The van der Waals surface area contributed by atoms with Crippen LogP contribution in [0, 0.1) is 0 Å². The summed E-state index contributed by atoms with van der Waals surface area (Å²) in [5.41, 5.74) is 8.23. The number of alkyl halides is 3. The number of aryl methyl sites for hydroxylation is 2. The quantitative estimate of drug-likeness (QED) is 0.210. The van der Waals surface area contributed by atoms with Gasteiger partial charge in [0.25, 0.3) is 0 Å². The van der Waals surface area contributed by atoms with E-state index in [9.17, 15) is 13.2 Å². The van der Waals surface area contributed by atoms with Crippen molar-refractivity contribution in [1.82, 2.24) is 4.31 Å². The van der Waals surface area contributed by atoms with Gasteiger partial charge in [-0.25, -0.2) is 4.31 Å². The van der Waals surface area contributed by atoms with Crippen LogP contribution in [0.1, 0.15) is 75.3 Å². The minimum atomic E-state index is -4.33. The van der Waals surface area contributed by atoms with Crippen LogP contribution in [0.25, 0.3) is 0 Å². The Kier molecular flexibility index (Phi) is 12.1. The predicted molar refractivity (Wildman–Crippen MR) is 169 cm³/mol. The molecule has 0 amide bonds. The van der Waals surface area contributed by atoms with E-state index in [0.29, 0.717) is 6.42 Å². The van der Waals surface area contributed by atoms with Gasteiger partial charge in [0, 0.05) is 50.1 Å². The summed E-state index contributed by atoms with van der Waals surface area (Å²) in [6.07, 6.45) is -0.932. The zero-order valence-corrected chi connectivity index (χ0v) is 25.9. The Morgan fingerprint density at radius 2 is 1.51 bits per heavy atom. The van der Waals surface area contributed by atoms with Crippen LogP contribution in [0.3, 0.4) is 0 Å². The maximum absolute atomic E-state index is 12.9. The number of anilines is 1. The number of aliphatic imine (C=N–C) groups is 1. The molecule has 0 spiro atoms. The highest BCUT2D eigenvalue weighted by molar-refractivity contribution is 7.98. The van der Waals surface area contributed by atoms with Crippen LogP contribution in [-0.2, 0) is 25.6 Å². The second-order valence-corrected chi connectivity index (χ2v) is 11.1. The van der Waals surface area contributed by atoms with E-state index in [-0.39, 0.29) is 0 Å². The molecule has 0 saturated heterocycles. The van der Waals surface area contributed by atoms with Gasteiger partial charge in [0.15, 0.2) is 0 Å². The highest BCUT2D eigenvalue weighted by Gasteiger charge is 2.30. The van der Waals surface area contributed by atoms with Gasteiger partial charge >= 0.3 is 6.18 Å². The maximum atomic E-state index is 12.9. The predicted octanol–water partition coefficient (Wildman–Crippen LogP) is 9.92. The molecule has 220 valence electrons. The van der Waals surface area contributed by atoms with Crippen molar-refractivity contribution in [3.05, 3.63) is 112 Å². The first-order valence-electron chi connectivity index (χ1n) is 14.4. The monoisotopic (exact) mass is 581 g/mol. The summed E-state index contributed by atoms with van der Waals surface area (Å²) in [5.74, 6) is 0. The van der Waals surface area contributed by atoms with Crippen LogP contribution in [-0.4, -0.2) is 23.6 Å². The molecule has 3 aromatic rings. The van der Waals surface area contributed by atoms with Crippen molar-refractivity contribution in [1.29, 1.82) is 0 Å². The zero-order chi connectivity index (χ0) is 30.0. The SMILES string of the molecule is CC.CCc1ccc(N(C)SN(CC)Cc2cccc(CCC3=C(C)CC(c4ccc(C(F)(F)F)cc4)=N3)c2)cc1. The smallest absolute Gasteiger partial charge is 0.306 e. The number of hydrogen-bond donors (Lipinski definition) is 0. The van der Waals surface area contributed by atoms with E-state index < -0.39 is 11.7 Å². The van der Waals surface area contributed by atoms with Crippen molar-refractivity contribution in [3.8, 4) is 0 Å². The lowest BCUT2D eigenvalue weighted by Crippen LogP contribution is -2.22. The highest BCUT2D eigenvalue weighted by Crippen LogP contribution is 2.31. The van der Waals surface area contributed by atoms with E-state index in [2.05, 4.69) is 85.0 Å². The Labute approximate surface area is 248 Å². The van der Waals surface area contributed by atoms with Crippen molar-refractivity contribution in [2.24, 2.45) is 4.99 Å². The van der Waals surface area contributed by atoms with Crippen LogP contribution in [0.15, 0.2) is 89.1 Å². The van der Waals surface area contributed by atoms with Gasteiger partial charge in [-0.2, -0.15) is 13.2 Å². The van der Waals surface area contributed by atoms with Crippen molar-refractivity contribution in [3.63, 3.8) is 0 Å². The summed E-state index contributed by atoms with van der Waals surface area (Å²) in [6.45, 7) is 12.2. The summed E-state index contributed by atoms with van der Waals surface area (Å²) in [6, 6.07) is 22.7. The average Bonchev–Trinajstić information content (AvgIpc) is 3.36. The van der Waals surface area contributed by atoms with Crippen molar-refractivity contribution >= 4 is 23.5 Å². The average molecular weight is 582 g/mol. The van der Waals surface area contributed by atoms with E-state index in [1.165, 1.54) is 40.1 Å². The van der Waals surface area contributed by atoms with Crippen molar-refractivity contribution in [2.75, 3.05) is 17.9 Å². The largest absolute Gasteiger partial charge is 0.416 e. The van der Waals surface area contributed by atoms with Crippen LogP contribution in [0.5, 0.6) is 0 Å². The van der Waals surface area contributed by atoms with E-state index in [4.69, 9.17) is 4.99 Å². The molecule has 3 nitrogen and oxygen atoms in total. The van der Waals surface area contributed by atoms with Gasteiger partial charge in [0.05, 0.1) is 11.3 Å². The van der Waals surface area contributed by atoms with E-state index in [0.717, 1.165) is 61.5 Å². The molecule has 1 heterocycles. The molecule has 41 heavy (non-hydrogen) atoms. The van der Waals surface area contributed by atoms with Crippen LogP contribution >= 0.6 is 12.1 Å². The van der Waals surface area contributed by atoms with Crippen molar-refractivity contribution < 1.29 is 13.2 Å². The van der Waals surface area contributed by atoms with Gasteiger partial charge in [-0.15, -0.1) is 0 Å². The molecule has 1 aliphatic heterocycles. The van der Waals surface area contributed by atoms with Crippen LogP contribution < -0.4 is 4.31 Å². The fourth-order valence-corrected chi connectivity index (χ4v) is 5.53. The lowest BCUT2D eigenvalue weighted by atomic mass is 10.0. The van der Waals surface area contributed by atoms with Gasteiger partial charge in [-0.3, -0.25) is 4.99 Å². The normalized spacial score (nSPS) is 13.3.